The Hall–Kier alpha value is -2.53. The third kappa shape index (κ3) is 6.29. The molecule has 7 nitrogen and oxygen atoms in total. The van der Waals surface area contributed by atoms with Crippen molar-refractivity contribution in [2.24, 2.45) is 4.99 Å². The van der Waals surface area contributed by atoms with Crippen LogP contribution in [-0.4, -0.2) is 46.3 Å². The molecule has 0 aliphatic carbocycles. The molecule has 0 aromatic heterocycles. The van der Waals surface area contributed by atoms with Crippen LogP contribution in [0.15, 0.2) is 46.3 Å². The smallest absolute Gasteiger partial charge is 0.341 e. The lowest BCUT2D eigenvalue weighted by molar-refractivity contribution is -0.139. The first kappa shape index (κ1) is 25.1. The highest BCUT2D eigenvalue weighted by atomic mass is 127. The van der Waals surface area contributed by atoms with E-state index in [0.29, 0.717) is 31.7 Å². The van der Waals surface area contributed by atoms with Crippen molar-refractivity contribution in [3.05, 3.63) is 56.0 Å². The van der Waals surface area contributed by atoms with Gasteiger partial charge < -0.3 is 14.6 Å². The number of carbonyl (C=O) groups is 2. The summed E-state index contributed by atoms with van der Waals surface area (Å²) in [6.07, 6.45) is 1.80. The molecule has 174 valence electrons. The summed E-state index contributed by atoms with van der Waals surface area (Å²) in [6.45, 7) is 7.69. The van der Waals surface area contributed by atoms with Crippen LogP contribution in [0.4, 0.5) is 5.69 Å². The van der Waals surface area contributed by atoms with E-state index in [9.17, 15) is 9.59 Å². The molecule has 9 heteroatoms. The van der Waals surface area contributed by atoms with E-state index in [2.05, 4.69) is 22.6 Å². The Morgan fingerprint density at radius 3 is 2.55 bits per heavy atom. The highest BCUT2D eigenvalue weighted by Gasteiger charge is 2.35. The van der Waals surface area contributed by atoms with Gasteiger partial charge in [0.1, 0.15) is 0 Å². The fourth-order valence-electron chi connectivity index (χ4n) is 3.11. The number of nitrogens with zero attached hydrogens (tertiary/aromatic N) is 2. The van der Waals surface area contributed by atoms with Crippen molar-refractivity contribution in [2.45, 2.75) is 33.7 Å². The number of ether oxygens (including phenoxy) is 2. The summed E-state index contributed by atoms with van der Waals surface area (Å²) < 4.78 is 11.8. The molecule has 0 bridgehead atoms. The van der Waals surface area contributed by atoms with E-state index in [-0.39, 0.29) is 11.9 Å². The number of aliphatic imine (C=N–C) groups is 1. The van der Waals surface area contributed by atoms with E-state index in [1.807, 2.05) is 58.0 Å². The van der Waals surface area contributed by atoms with Crippen molar-refractivity contribution in [3.63, 3.8) is 0 Å². The molecule has 1 amide bonds. The molecule has 1 fully saturated rings. The summed E-state index contributed by atoms with van der Waals surface area (Å²) in [6, 6.07) is 11.4. The SMILES string of the molecule is CCOc1cc(/C=C2/SC(=Nc3ccc(C)cc3)N(C(C)C)C2=O)cc(I)c1OCC(=O)O. The monoisotopic (exact) mass is 580 g/mol. The summed E-state index contributed by atoms with van der Waals surface area (Å²) in [5.41, 5.74) is 2.68. The summed E-state index contributed by atoms with van der Waals surface area (Å²) in [4.78, 5) is 31.0. The van der Waals surface area contributed by atoms with Gasteiger partial charge in [0.05, 0.1) is 20.8 Å². The minimum absolute atomic E-state index is 0.0500. The van der Waals surface area contributed by atoms with Crippen LogP contribution in [0.1, 0.15) is 31.9 Å². The Morgan fingerprint density at radius 1 is 1.24 bits per heavy atom. The van der Waals surface area contributed by atoms with Crippen molar-refractivity contribution in [3.8, 4) is 11.5 Å². The number of aryl methyl sites for hydroxylation is 1. The summed E-state index contributed by atoms with van der Waals surface area (Å²) in [7, 11) is 0. The molecule has 1 heterocycles. The molecule has 0 unspecified atom stereocenters. The minimum Gasteiger partial charge on any atom is -0.490 e. The van der Waals surface area contributed by atoms with E-state index < -0.39 is 12.6 Å². The molecule has 0 saturated carbocycles. The molecule has 33 heavy (non-hydrogen) atoms. The number of hydrogen-bond donors (Lipinski definition) is 1. The fraction of sp³-hybridized carbons (Fsp3) is 0.292. The first-order valence-corrected chi connectivity index (χ1v) is 12.3. The third-order valence-electron chi connectivity index (χ3n) is 4.58. The van der Waals surface area contributed by atoms with Crippen LogP contribution >= 0.6 is 34.4 Å². The zero-order chi connectivity index (χ0) is 24.1. The summed E-state index contributed by atoms with van der Waals surface area (Å²) in [5.74, 6) is -0.373. The summed E-state index contributed by atoms with van der Waals surface area (Å²) >= 11 is 3.40. The number of rotatable bonds is 8. The Labute approximate surface area is 211 Å². The van der Waals surface area contributed by atoms with Crippen molar-refractivity contribution in [1.29, 1.82) is 0 Å². The molecule has 1 saturated heterocycles. The zero-order valence-corrected chi connectivity index (χ0v) is 21.8. The Balaban J connectivity index is 1.97. The normalized spacial score (nSPS) is 16.2. The van der Waals surface area contributed by atoms with E-state index >= 15 is 0 Å². The van der Waals surface area contributed by atoms with Gasteiger partial charge in [0.2, 0.25) is 0 Å². The summed E-state index contributed by atoms with van der Waals surface area (Å²) in [5, 5.41) is 9.57. The van der Waals surface area contributed by atoms with Gasteiger partial charge in [-0.2, -0.15) is 0 Å². The second-order valence-corrected chi connectivity index (χ2v) is 9.73. The molecular weight excluding hydrogens is 555 g/mol. The van der Waals surface area contributed by atoms with Crippen molar-refractivity contribution >= 4 is 63.2 Å². The number of amidine groups is 1. The number of carboxylic acid groups (broad SMARTS) is 1. The van der Waals surface area contributed by atoms with Crippen LogP contribution < -0.4 is 9.47 Å². The van der Waals surface area contributed by atoms with Crippen molar-refractivity contribution < 1.29 is 24.2 Å². The lowest BCUT2D eigenvalue weighted by atomic mass is 10.1. The van der Waals surface area contributed by atoms with Gasteiger partial charge in [0.15, 0.2) is 23.3 Å². The second kappa shape index (κ2) is 11.1. The molecule has 0 radical (unpaired) electrons. The highest BCUT2D eigenvalue weighted by molar-refractivity contribution is 14.1. The Bertz CT molecular complexity index is 1110. The number of thioether (sulfide) groups is 1. The maximum absolute atomic E-state index is 13.2. The molecule has 2 aromatic rings. The van der Waals surface area contributed by atoms with Gasteiger partial charge in [-0.3, -0.25) is 9.69 Å². The maximum Gasteiger partial charge on any atom is 0.341 e. The number of benzene rings is 2. The number of carbonyl (C=O) groups excluding carboxylic acids is 1. The first-order valence-electron chi connectivity index (χ1n) is 10.4. The van der Waals surface area contributed by atoms with Gasteiger partial charge in [-0.15, -0.1) is 0 Å². The first-order chi connectivity index (χ1) is 15.7. The fourth-order valence-corrected chi connectivity index (χ4v) is 5.01. The quantitative estimate of drug-likeness (QED) is 0.329. The van der Waals surface area contributed by atoms with E-state index in [4.69, 9.17) is 19.6 Å². The molecule has 0 atom stereocenters. The molecule has 3 rings (SSSR count). The van der Waals surface area contributed by atoms with Crippen LogP contribution in [0.25, 0.3) is 6.08 Å². The average molecular weight is 580 g/mol. The lowest BCUT2D eigenvalue weighted by Gasteiger charge is -2.19. The number of carboxylic acids is 1. The van der Waals surface area contributed by atoms with Crippen LogP contribution in [0.3, 0.4) is 0 Å². The second-order valence-electron chi connectivity index (χ2n) is 7.55. The predicted molar refractivity (Wildman–Crippen MR) is 139 cm³/mol. The Morgan fingerprint density at radius 2 is 1.94 bits per heavy atom. The van der Waals surface area contributed by atoms with Gasteiger partial charge in [-0.05, 0) is 98.0 Å². The van der Waals surface area contributed by atoms with Crippen LogP contribution in [0, 0.1) is 10.5 Å². The topological polar surface area (TPSA) is 88.4 Å². The van der Waals surface area contributed by atoms with Gasteiger partial charge in [0, 0.05) is 6.04 Å². The molecule has 1 aliphatic heterocycles. The van der Waals surface area contributed by atoms with Crippen molar-refractivity contribution in [1.82, 2.24) is 4.90 Å². The molecular formula is C24H25IN2O5S. The number of hydrogen-bond acceptors (Lipinski definition) is 6. The maximum atomic E-state index is 13.2. The van der Waals surface area contributed by atoms with Gasteiger partial charge >= 0.3 is 5.97 Å². The highest BCUT2D eigenvalue weighted by Crippen LogP contribution is 2.38. The van der Waals surface area contributed by atoms with Gasteiger partial charge in [-0.1, -0.05) is 17.7 Å². The van der Waals surface area contributed by atoms with E-state index in [1.165, 1.54) is 11.8 Å². The van der Waals surface area contributed by atoms with Gasteiger partial charge in [-0.25, -0.2) is 9.79 Å². The largest absolute Gasteiger partial charge is 0.490 e. The van der Waals surface area contributed by atoms with E-state index in [1.54, 1.807) is 17.0 Å². The lowest BCUT2D eigenvalue weighted by Crippen LogP contribution is -2.35. The van der Waals surface area contributed by atoms with Crippen LogP contribution in [0.5, 0.6) is 11.5 Å². The number of aliphatic carboxylic acids is 1. The third-order valence-corrected chi connectivity index (χ3v) is 6.37. The molecule has 2 aromatic carbocycles. The number of amides is 1. The Kier molecular flexibility index (Phi) is 8.41. The molecule has 0 spiro atoms. The zero-order valence-electron chi connectivity index (χ0n) is 18.8. The standard InChI is InChI=1S/C24H25IN2O5S/c1-5-31-19-11-16(10-18(25)22(19)32-13-21(28)29)12-20-23(30)27(14(2)3)24(33-20)26-17-8-6-15(4)7-9-17/h6-12,14H,5,13H2,1-4H3,(H,28,29)/b20-12+,26-24?. The predicted octanol–water partition coefficient (Wildman–Crippen LogP) is 5.47. The van der Waals surface area contributed by atoms with Crippen LogP contribution in [0.2, 0.25) is 0 Å². The molecule has 1 aliphatic rings. The average Bonchev–Trinajstić information content (AvgIpc) is 3.04. The minimum atomic E-state index is -1.07. The van der Waals surface area contributed by atoms with E-state index in [0.717, 1.165) is 16.8 Å². The number of halogens is 1. The van der Waals surface area contributed by atoms with Crippen LogP contribution in [-0.2, 0) is 9.59 Å². The molecule has 1 N–H and O–H groups in total. The van der Waals surface area contributed by atoms with Crippen molar-refractivity contribution in [2.75, 3.05) is 13.2 Å². The van der Waals surface area contributed by atoms with Gasteiger partial charge in [0.25, 0.3) is 5.91 Å².